The number of hydrogen-bond acceptors (Lipinski definition) is 5. The Labute approximate surface area is 104 Å². The normalized spacial score (nSPS) is 28.7. The van der Waals surface area contributed by atoms with Crippen LogP contribution in [0.2, 0.25) is 0 Å². The molecule has 1 heterocycles. The molecule has 1 fully saturated rings. The molecule has 0 amide bonds. The summed E-state index contributed by atoms with van der Waals surface area (Å²) in [5, 5.41) is 0. The van der Waals surface area contributed by atoms with E-state index in [1.165, 1.54) is 0 Å². The first-order valence-corrected chi connectivity index (χ1v) is 7.26. The monoisotopic (exact) mass is 260 g/mol. The number of ether oxygens (including phenoxy) is 2. The Balaban J connectivity index is 2.49. The first kappa shape index (κ1) is 12.2. The van der Waals surface area contributed by atoms with Crippen molar-refractivity contribution in [2.24, 2.45) is 5.92 Å². The maximum atomic E-state index is 11.9. The molecule has 1 unspecified atom stereocenters. The average Bonchev–Trinajstić information content (AvgIpc) is 2.73. The van der Waals surface area contributed by atoms with Crippen molar-refractivity contribution in [1.82, 2.24) is 0 Å². The molecule has 1 aliphatic heterocycles. The third-order valence-electron chi connectivity index (χ3n) is 3.04. The zero-order chi connectivity index (χ0) is 11.8. The lowest BCUT2D eigenvalue weighted by molar-refractivity contribution is -0.120. The molecule has 0 aromatic heterocycles. The van der Waals surface area contributed by atoms with E-state index in [1.807, 2.05) is 23.5 Å². The van der Waals surface area contributed by atoms with Gasteiger partial charge in [-0.2, -0.15) is 0 Å². The van der Waals surface area contributed by atoms with Crippen LogP contribution < -0.4 is 0 Å². The summed E-state index contributed by atoms with van der Waals surface area (Å²) >= 11 is 3.75. The Morgan fingerprint density at radius 1 is 1.25 bits per heavy atom. The van der Waals surface area contributed by atoms with Gasteiger partial charge in [-0.05, 0) is 5.92 Å². The van der Waals surface area contributed by atoms with Crippen LogP contribution in [0, 0.1) is 5.92 Å². The Kier molecular flexibility index (Phi) is 3.45. The number of ketones is 1. The lowest BCUT2D eigenvalue weighted by Crippen LogP contribution is -2.38. The van der Waals surface area contributed by atoms with Crippen LogP contribution in [0.4, 0.5) is 0 Å². The van der Waals surface area contributed by atoms with E-state index in [0.717, 1.165) is 17.3 Å². The zero-order valence-corrected chi connectivity index (χ0v) is 11.4. The van der Waals surface area contributed by atoms with Gasteiger partial charge in [0.2, 0.25) is 11.5 Å². The van der Waals surface area contributed by atoms with E-state index in [1.54, 1.807) is 14.2 Å². The van der Waals surface area contributed by atoms with Crippen LogP contribution in [0.15, 0.2) is 11.5 Å². The van der Waals surface area contributed by atoms with Crippen LogP contribution in [-0.4, -0.2) is 35.6 Å². The summed E-state index contributed by atoms with van der Waals surface area (Å²) < 4.78 is 10.6. The van der Waals surface area contributed by atoms with E-state index in [2.05, 4.69) is 6.92 Å². The first-order chi connectivity index (χ1) is 7.65. The topological polar surface area (TPSA) is 35.5 Å². The van der Waals surface area contributed by atoms with Crippen molar-refractivity contribution in [3.05, 3.63) is 11.5 Å². The van der Waals surface area contributed by atoms with Gasteiger partial charge in [0.05, 0.1) is 14.2 Å². The quantitative estimate of drug-likeness (QED) is 0.761. The number of thioether (sulfide) groups is 2. The largest absolute Gasteiger partial charge is 0.495 e. The van der Waals surface area contributed by atoms with Gasteiger partial charge in [-0.1, -0.05) is 6.92 Å². The second kappa shape index (κ2) is 4.53. The predicted molar refractivity (Wildman–Crippen MR) is 67.5 cm³/mol. The smallest absolute Gasteiger partial charge is 0.202 e. The molecule has 5 heteroatoms. The SMILES string of the molecule is COC1=C(OC)C2(SCCS2)C(C)CC1=O. The Bertz CT molecular complexity index is 332. The van der Waals surface area contributed by atoms with Crippen LogP contribution in [0.3, 0.4) is 0 Å². The zero-order valence-electron chi connectivity index (χ0n) is 9.74. The third kappa shape index (κ3) is 1.64. The number of Topliss-reactive ketones (excluding diaryl/α,β-unsaturated/α-hetero) is 1. The molecule has 1 atom stereocenters. The molecular weight excluding hydrogens is 244 g/mol. The van der Waals surface area contributed by atoms with Crippen LogP contribution >= 0.6 is 23.5 Å². The molecule has 1 spiro atoms. The average molecular weight is 260 g/mol. The summed E-state index contributed by atoms with van der Waals surface area (Å²) in [6.07, 6.45) is 0.552. The Hall–Kier alpha value is -0.290. The van der Waals surface area contributed by atoms with E-state index >= 15 is 0 Å². The van der Waals surface area contributed by atoms with E-state index in [0.29, 0.717) is 18.1 Å². The third-order valence-corrected chi connectivity index (χ3v) is 6.86. The molecule has 2 aliphatic rings. The lowest BCUT2D eigenvalue weighted by atomic mass is 9.91. The van der Waals surface area contributed by atoms with Crippen LogP contribution in [0.25, 0.3) is 0 Å². The fourth-order valence-electron chi connectivity index (χ4n) is 2.30. The van der Waals surface area contributed by atoms with Gasteiger partial charge in [-0.15, -0.1) is 23.5 Å². The molecule has 0 N–H and O–H groups in total. The molecule has 0 saturated carbocycles. The van der Waals surface area contributed by atoms with Crippen molar-refractivity contribution < 1.29 is 14.3 Å². The van der Waals surface area contributed by atoms with Crippen LogP contribution in [0.5, 0.6) is 0 Å². The van der Waals surface area contributed by atoms with E-state index in [4.69, 9.17) is 9.47 Å². The standard InChI is InChI=1S/C11H16O3S2/c1-7-6-8(12)9(13-2)10(14-3)11(7)15-4-5-16-11/h7H,4-6H2,1-3H3. The second-order valence-electron chi connectivity index (χ2n) is 3.96. The highest BCUT2D eigenvalue weighted by atomic mass is 32.2. The summed E-state index contributed by atoms with van der Waals surface area (Å²) in [5.41, 5.74) is 0. The van der Waals surface area contributed by atoms with Crippen molar-refractivity contribution >= 4 is 29.3 Å². The summed E-state index contributed by atoms with van der Waals surface area (Å²) in [7, 11) is 3.17. The fraction of sp³-hybridized carbons (Fsp3) is 0.727. The van der Waals surface area contributed by atoms with Gasteiger partial charge in [0.1, 0.15) is 4.08 Å². The molecule has 1 saturated heterocycles. The molecule has 0 bridgehead atoms. The predicted octanol–water partition coefficient (Wildman–Crippen LogP) is 2.28. The minimum Gasteiger partial charge on any atom is -0.495 e. The Morgan fingerprint density at radius 3 is 2.38 bits per heavy atom. The first-order valence-electron chi connectivity index (χ1n) is 5.29. The van der Waals surface area contributed by atoms with E-state index < -0.39 is 0 Å². The molecule has 90 valence electrons. The van der Waals surface area contributed by atoms with Crippen LogP contribution in [-0.2, 0) is 14.3 Å². The number of methoxy groups -OCH3 is 2. The Morgan fingerprint density at radius 2 is 1.88 bits per heavy atom. The second-order valence-corrected chi connectivity index (χ2v) is 6.90. The number of rotatable bonds is 2. The summed E-state index contributed by atoms with van der Waals surface area (Å²) in [4.78, 5) is 11.9. The maximum Gasteiger partial charge on any atom is 0.202 e. The number of carbonyl (C=O) groups excluding carboxylic acids is 1. The van der Waals surface area contributed by atoms with Crippen molar-refractivity contribution in [2.75, 3.05) is 25.7 Å². The van der Waals surface area contributed by atoms with Gasteiger partial charge in [-0.25, -0.2) is 0 Å². The lowest BCUT2D eigenvalue weighted by Gasteiger charge is -2.38. The van der Waals surface area contributed by atoms with Crippen molar-refractivity contribution in [1.29, 1.82) is 0 Å². The maximum absolute atomic E-state index is 11.9. The summed E-state index contributed by atoms with van der Waals surface area (Å²) in [6.45, 7) is 2.12. The van der Waals surface area contributed by atoms with Gasteiger partial charge in [0.25, 0.3) is 0 Å². The van der Waals surface area contributed by atoms with Crippen molar-refractivity contribution in [3.8, 4) is 0 Å². The summed E-state index contributed by atoms with van der Waals surface area (Å²) in [5.74, 6) is 3.71. The molecule has 0 aromatic carbocycles. The highest BCUT2D eigenvalue weighted by Gasteiger charge is 2.52. The minimum atomic E-state index is -0.103. The number of carbonyl (C=O) groups is 1. The van der Waals surface area contributed by atoms with Crippen molar-refractivity contribution in [2.45, 2.75) is 17.4 Å². The number of hydrogen-bond donors (Lipinski definition) is 0. The molecule has 2 rings (SSSR count). The molecule has 3 nitrogen and oxygen atoms in total. The number of allylic oxidation sites excluding steroid dienone is 1. The molecule has 0 radical (unpaired) electrons. The molecule has 1 aliphatic carbocycles. The minimum absolute atomic E-state index is 0.0607. The highest BCUT2D eigenvalue weighted by Crippen LogP contribution is 2.57. The van der Waals surface area contributed by atoms with Gasteiger partial charge in [0.15, 0.2) is 5.76 Å². The molecular formula is C11H16O3S2. The highest BCUT2D eigenvalue weighted by molar-refractivity contribution is 8.21. The fourth-order valence-corrected chi connectivity index (χ4v) is 5.76. The van der Waals surface area contributed by atoms with E-state index in [9.17, 15) is 4.79 Å². The summed E-state index contributed by atoms with van der Waals surface area (Å²) in [6, 6.07) is 0. The van der Waals surface area contributed by atoms with Gasteiger partial charge >= 0.3 is 0 Å². The van der Waals surface area contributed by atoms with Crippen LogP contribution in [0.1, 0.15) is 13.3 Å². The van der Waals surface area contributed by atoms with Gasteiger partial charge < -0.3 is 9.47 Å². The molecule has 0 aromatic rings. The van der Waals surface area contributed by atoms with E-state index in [-0.39, 0.29) is 9.86 Å². The van der Waals surface area contributed by atoms with Gasteiger partial charge in [0, 0.05) is 17.9 Å². The van der Waals surface area contributed by atoms with Crippen molar-refractivity contribution in [3.63, 3.8) is 0 Å². The van der Waals surface area contributed by atoms with Gasteiger partial charge in [-0.3, -0.25) is 4.79 Å². The molecule has 16 heavy (non-hydrogen) atoms.